The fourth-order valence-corrected chi connectivity index (χ4v) is 1.46. The van der Waals surface area contributed by atoms with Gasteiger partial charge in [0.05, 0.1) is 0 Å². The summed E-state index contributed by atoms with van der Waals surface area (Å²) in [6.45, 7) is 3.39. The maximum Gasteiger partial charge on any atom is 0.410 e. The number of hydrogen-bond acceptors (Lipinski definition) is 3. The van der Waals surface area contributed by atoms with E-state index < -0.39 is 24.3 Å². The molecule has 0 bridgehead atoms. The molecular formula is C9H12FNO4. The van der Waals surface area contributed by atoms with Gasteiger partial charge in [0.15, 0.2) is 6.04 Å². The van der Waals surface area contributed by atoms with Crippen molar-refractivity contribution in [2.75, 3.05) is 13.2 Å². The minimum atomic E-state index is -1.53. The first-order valence-electron chi connectivity index (χ1n) is 4.49. The third kappa shape index (κ3) is 2.45. The SMILES string of the molecule is C=CCOC(=O)N1CC[C@H](F)[C@H]1C(=O)O. The number of likely N-dealkylation sites (tertiary alicyclic amines) is 1. The summed E-state index contributed by atoms with van der Waals surface area (Å²) < 4.78 is 17.8. The average Bonchev–Trinajstić information content (AvgIpc) is 2.56. The van der Waals surface area contributed by atoms with Gasteiger partial charge < -0.3 is 9.84 Å². The second-order valence-corrected chi connectivity index (χ2v) is 3.15. The van der Waals surface area contributed by atoms with Crippen LogP contribution >= 0.6 is 0 Å². The molecule has 84 valence electrons. The van der Waals surface area contributed by atoms with Gasteiger partial charge in [0.1, 0.15) is 12.8 Å². The van der Waals surface area contributed by atoms with Gasteiger partial charge in [0.2, 0.25) is 0 Å². The van der Waals surface area contributed by atoms with E-state index >= 15 is 0 Å². The number of carboxylic acids is 1. The van der Waals surface area contributed by atoms with Gasteiger partial charge in [-0.3, -0.25) is 4.90 Å². The topological polar surface area (TPSA) is 66.8 Å². The number of carbonyl (C=O) groups excluding carboxylic acids is 1. The molecule has 6 heteroatoms. The molecule has 1 saturated heterocycles. The fourth-order valence-electron chi connectivity index (χ4n) is 1.46. The highest BCUT2D eigenvalue weighted by molar-refractivity contribution is 5.81. The summed E-state index contributed by atoms with van der Waals surface area (Å²) in [5.41, 5.74) is 0. The van der Waals surface area contributed by atoms with Crippen molar-refractivity contribution < 1.29 is 23.8 Å². The summed E-state index contributed by atoms with van der Waals surface area (Å²) in [7, 11) is 0. The van der Waals surface area contributed by atoms with Gasteiger partial charge in [-0.15, -0.1) is 0 Å². The molecule has 1 N–H and O–H groups in total. The Morgan fingerprint density at radius 1 is 1.67 bits per heavy atom. The van der Waals surface area contributed by atoms with Gasteiger partial charge in [-0.05, 0) is 6.42 Å². The number of carbonyl (C=O) groups is 2. The van der Waals surface area contributed by atoms with Crippen LogP contribution in [0.15, 0.2) is 12.7 Å². The van der Waals surface area contributed by atoms with Crippen LogP contribution in [0.2, 0.25) is 0 Å². The molecule has 0 aliphatic carbocycles. The molecule has 1 rings (SSSR count). The van der Waals surface area contributed by atoms with Crippen LogP contribution in [0, 0.1) is 0 Å². The first kappa shape index (κ1) is 11.5. The number of aliphatic carboxylic acids is 1. The van der Waals surface area contributed by atoms with E-state index in [-0.39, 0.29) is 19.6 Å². The molecule has 0 radical (unpaired) electrons. The fraction of sp³-hybridized carbons (Fsp3) is 0.556. The number of amides is 1. The van der Waals surface area contributed by atoms with E-state index in [2.05, 4.69) is 11.3 Å². The maximum absolute atomic E-state index is 13.1. The van der Waals surface area contributed by atoms with E-state index in [0.29, 0.717) is 0 Å². The predicted octanol–water partition coefficient (Wildman–Crippen LogP) is 0.806. The van der Waals surface area contributed by atoms with E-state index in [1.807, 2.05) is 0 Å². The second kappa shape index (κ2) is 4.77. The number of alkyl halides is 1. The Morgan fingerprint density at radius 3 is 2.87 bits per heavy atom. The third-order valence-electron chi connectivity index (χ3n) is 2.14. The quantitative estimate of drug-likeness (QED) is 0.710. The molecule has 15 heavy (non-hydrogen) atoms. The zero-order chi connectivity index (χ0) is 11.4. The molecule has 1 aliphatic rings. The van der Waals surface area contributed by atoms with Crippen molar-refractivity contribution >= 4 is 12.1 Å². The standard InChI is InChI=1S/C9H12FNO4/c1-2-5-15-9(14)11-4-3-6(10)7(11)8(12)13/h2,6-7H,1,3-5H2,(H,12,13)/t6-,7-/m0/s1. The van der Waals surface area contributed by atoms with Crippen molar-refractivity contribution in [3.05, 3.63) is 12.7 Å². The maximum atomic E-state index is 13.1. The van der Waals surface area contributed by atoms with Crippen LogP contribution in [0.3, 0.4) is 0 Å². The summed E-state index contributed by atoms with van der Waals surface area (Å²) in [5, 5.41) is 8.72. The highest BCUT2D eigenvalue weighted by Gasteiger charge is 2.43. The first-order chi connectivity index (χ1) is 7.07. The molecule has 1 heterocycles. The Labute approximate surface area is 86.1 Å². The molecule has 0 saturated carbocycles. The van der Waals surface area contributed by atoms with Crippen LogP contribution in [0.25, 0.3) is 0 Å². The number of halogens is 1. The van der Waals surface area contributed by atoms with Gasteiger partial charge in [-0.2, -0.15) is 0 Å². The van der Waals surface area contributed by atoms with Crippen molar-refractivity contribution in [1.82, 2.24) is 4.90 Å². The second-order valence-electron chi connectivity index (χ2n) is 3.15. The van der Waals surface area contributed by atoms with Crippen molar-refractivity contribution in [3.8, 4) is 0 Å². The summed E-state index contributed by atoms with van der Waals surface area (Å²) in [6, 6.07) is -1.43. The summed E-state index contributed by atoms with van der Waals surface area (Å²) in [6.07, 6.45) is -0.960. The Morgan fingerprint density at radius 2 is 2.33 bits per heavy atom. The van der Waals surface area contributed by atoms with Crippen molar-refractivity contribution in [2.45, 2.75) is 18.6 Å². The molecule has 0 spiro atoms. The molecule has 1 fully saturated rings. The van der Waals surface area contributed by atoms with Gasteiger partial charge in [-0.1, -0.05) is 12.7 Å². The minimum absolute atomic E-state index is 0.0153. The molecule has 0 aromatic carbocycles. The van der Waals surface area contributed by atoms with E-state index in [1.165, 1.54) is 6.08 Å². The van der Waals surface area contributed by atoms with Gasteiger partial charge in [-0.25, -0.2) is 14.0 Å². The Bertz CT molecular complexity index is 281. The van der Waals surface area contributed by atoms with Crippen molar-refractivity contribution in [1.29, 1.82) is 0 Å². The lowest BCUT2D eigenvalue weighted by molar-refractivity contribution is -0.143. The average molecular weight is 217 g/mol. The Balaban J connectivity index is 2.64. The lowest BCUT2D eigenvalue weighted by Crippen LogP contribution is -2.44. The van der Waals surface area contributed by atoms with Crippen LogP contribution in [-0.2, 0) is 9.53 Å². The minimum Gasteiger partial charge on any atom is -0.480 e. The van der Waals surface area contributed by atoms with Crippen LogP contribution in [-0.4, -0.2) is 47.4 Å². The van der Waals surface area contributed by atoms with Gasteiger partial charge in [0.25, 0.3) is 0 Å². The summed E-state index contributed by atoms with van der Waals surface area (Å²) >= 11 is 0. The van der Waals surface area contributed by atoms with Crippen LogP contribution in [0.1, 0.15) is 6.42 Å². The van der Waals surface area contributed by atoms with E-state index in [1.54, 1.807) is 0 Å². The van der Waals surface area contributed by atoms with Crippen molar-refractivity contribution in [2.24, 2.45) is 0 Å². The summed E-state index contributed by atoms with van der Waals surface area (Å²) in [5.74, 6) is -1.35. The number of ether oxygens (including phenoxy) is 1. The first-order valence-corrected chi connectivity index (χ1v) is 4.49. The molecule has 1 aliphatic heterocycles. The lowest BCUT2D eigenvalue weighted by atomic mass is 10.2. The molecule has 0 unspecified atom stereocenters. The number of rotatable bonds is 3. The normalized spacial score (nSPS) is 25.0. The van der Waals surface area contributed by atoms with E-state index in [4.69, 9.17) is 5.11 Å². The predicted molar refractivity (Wildman–Crippen MR) is 49.2 cm³/mol. The number of hydrogen-bond donors (Lipinski definition) is 1. The molecule has 5 nitrogen and oxygen atoms in total. The number of carboxylic acid groups (broad SMARTS) is 1. The highest BCUT2D eigenvalue weighted by Crippen LogP contribution is 2.21. The zero-order valence-electron chi connectivity index (χ0n) is 8.06. The van der Waals surface area contributed by atoms with Gasteiger partial charge >= 0.3 is 12.1 Å². The third-order valence-corrected chi connectivity index (χ3v) is 2.14. The Kier molecular flexibility index (Phi) is 3.65. The smallest absolute Gasteiger partial charge is 0.410 e. The van der Waals surface area contributed by atoms with E-state index in [9.17, 15) is 14.0 Å². The van der Waals surface area contributed by atoms with Crippen LogP contribution < -0.4 is 0 Å². The summed E-state index contributed by atoms with van der Waals surface area (Å²) in [4.78, 5) is 22.9. The zero-order valence-corrected chi connectivity index (χ0v) is 8.06. The molecule has 0 aromatic heterocycles. The molecule has 2 atom stereocenters. The van der Waals surface area contributed by atoms with Crippen molar-refractivity contribution in [3.63, 3.8) is 0 Å². The van der Waals surface area contributed by atoms with E-state index in [0.717, 1.165) is 4.90 Å². The van der Waals surface area contributed by atoms with Gasteiger partial charge in [0, 0.05) is 6.54 Å². The molecule has 1 amide bonds. The van der Waals surface area contributed by atoms with Crippen LogP contribution in [0.4, 0.5) is 9.18 Å². The highest BCUT2D eigenvalue weighted by atomic mass is 19.1. The largest absolute Gasteiger partial charge is 0.480 e. The number of nitrogens with zero attached hydrogens (tertiary/aromatic N) is 1. The van der Waals surface area contributed by atoms with Crippen LogP contribution in [0.5, 0.6) is 0 Å². The Hall–Kier alpha value is -1.59. The molecule has 0 aromatic rings. The monoisotopic (exact) mass is 217 g/mol. The lowest BCUT2D eigenvalue weighted by Gasteiger charge is -2.20. The molecular weight excluding hydrogens is 205 g/mol.